The number of carbonyl (C=O) groups is 1. The molecule has 0 saturated heterocycles. The summed E-state index contributed by atoms with van der Waals surface area (Å²) in [6, 6.07) is 19.2. The normalized spacial score (nSPS) is 14.3. The molecule has 1 amide bonds. The molecule has 8 heteroatoms. The van der Waals surface area contributed by atoms with E-state index in [4.69, 9.17) is 4.74 Å². The van der Waals surface area contributed by atoms with E-state index in [9.17, 15) is 13.2 Å². The first-order valence-corrected chi connectivity index (χ1v) is 12.8. The lowest BCUT2D eigenvalue weighted by Crippen LogP contribution is -2.32. The lowest BCUT2D eigenvalue weighted by atomic mass is 10.1. The van der Waals surface area contributed by atoms with Crippen LogP contribution in [0.4, 0.5) is 0 Å². The molecule has 0 atom stereocenters. The largest absolute Gasteiger partial charge is 0.492 e. The molecule has 32 heavy (non-hydrogen) atoms. The molecule has 6 nitrogen and oxygen atoms in total. The third kappa shape index (κ3) is 5.20. The maximum atomic E-state index is 13.0. The topological polar surface area (TPSA) is 66.9 Å². The molecule has 4 rings (SSSR count). The summed E-state index contributed by atoms with van der Waals surface area (Å²) in [4.78, 5) is 14.1. The Hall–Kier alpha value is -2.68. The van der Waals surface area contributed by atoms with E-state index in [1.165, 1.54) is 21.2 Å². The Morgan fingerprint density at radius 2 is 1.91 bits per heavy atom. The molecule has 0 spiro atoms. The van der Waals surface area contributed by atoms with E-state index in [-0.39, 0.29) is 12.5 Å². The molecule has 0 unspecified atom stereocenters. The Morgan fingerprint density at radius 3 is 2.62 bits per heavy atom. The van der Waals surface area contributed by atoms with Gasteiger partial charge in [0.25, 0.3) is 10.0 Å². The Labute approximate surface area is 193 Å². The number of hydrogen-bond donors (Lipinski definition) is 0. The summed E-state index contributed by atoms with van der Waals surface area (Å²) < 4.78 is 33.6. The zero-order valence-corrected chi connectivity index (χ0v) is 19.6. The Balaban J connectivity index is 1.51. The second-order valence-corrected chi connectivity index (χ2v) is 10.8. The van der Waals surface area contributed by atoms with Crippen LogP contribution in [0.15, 0.2) is 70.3 Å². The van der Waals surface area contributed by atoms with Gasteiger partial charge in [0.2, 0.25) is 5.91 Å². The average molecular weight is 471 g/mol. The molecule has 0 aliphatic carbocycles. The second kappa shape index (κ2) is 9.85. The molecule has 168 valence electrons. The second-order valence-electron chi connectivity index (χ2n) is 7.74. The van der Waals surface area contributed by atoms with Gasteiger partial charge < -0.3 is 9.64 Å². The van der Waals surface area contributed by atoms with Crippen molar-refractivity contribution in [3.05, 3.63) is 82.7 Å². The average Bonchev–Trinajstić information content (AvgIpc) is 3.25. The van der Waals surface area contributed by atoms with Crippen LogP contribution in [-0.4, -0.2) is 43.2 Å². The maximum absolute atomic E-state index is 13.0. The summed E-state index contributed by atoms with van der Waals surface area (Å²) in [5.74, 6) is 0.699. The van der Waals surface area contributed by atoms with Gasteiger partial charge in [-0.05, 0) is 41.1 Å². The highest BCUT2D eigenvalue weighted by Crippen LogP contribution is 2.29. The molecule has 2 aromatic carbocycles. The number of carbonyl (C=O) groups excluding carboxylic acids is 1. The zero-order chi connectivity index (χ0) is 22.6. The summed E-state index contributed by atoms with van der Waals surface area (Å²) in [6.45, 7) is 3.49. The van der Waals surface area contributed by atoms with Crippen LogP contribution in [0, 0.1) is 0 Å². The number of amides is 1. The zero-order valence-electron chi connectivity index (χ0n) is 17.9. The molecule has 1 aromatic heterocycles. The molecular weight excluding hydrogens is 444 g/mol. The SMILES string of the molecule is CC(=O)N(CCc1ccccc1)Cc1ccc2c(c1)CN(S(=O)(=O)c1cccs1)CCO2. The van der Waals surface area contributed by atoms with Crippen LogP contribution < -0.4 is 4.74 Å². The van der Waals surface area contributed by atoms with Gasteiger partial charge in [0.05, 0.1) is 0 Å². The number of ether oxygens (including phenoxy) is 1. The van der Waals surface area contributed by atoms with E-state index in [1.807, 2.05) is 41.3 Å². The van der Waals surface area contributed by atoms with Crippen molar-refractivity contribution in [1.82, 2.24) is 9.21 Å². The van der Waals surface area contributed by atoms with Gasteiger partial charge in [0.15, 0.2) is 0 Å². The summed E-state index contributed by atoms with van der Waals surface area (Å²) in [5, 5.41) is 1.76. The molecule has 0 bridgehead atoms. The smallest absolute Gasteiger partial charge is 0.252 e. The number of benzene rings is 2. The first-order chi connectivity index (χ1) is 15.4. The lowest BCUT2D eigenvalue weighted by molar-refractivity contribution is -0.129. The monoisotopic (exact) mass is 470 g/mol. The van der Waals surface area contributed by atoms with Crippen LogP contribution in [0.2, 0.25) is 0 Å². The van der Waals surface area contributed by atoms with E-state index < -0.39 is 10.0 Å². The summed E-state index contributed by atoms with van der Waals surface area (Å²) in [6.07, 6.45) is 0.779. The van der Waals surface area contributed by atoms with Crippen LogP contribution in [0.25, 0.3) is 0 Å². The summed E-state index contributed by atoms with van der Waals surface area (Å²) in [5.41, 5.74) is 2.95. The quantitative estimate of drug-likeness (QED) is 0.525. The predicted octanol–water partition coefficient (Wildman–Crippen LogP) is 3.92. The molecule has 0 saturated carbocycles. The van der Waals surface area contributed by atoms with E-state index in [1.54, 1.807) is 24.4 Å². The van der Waals surface area contributed by atoms with Gasteiger partial charge in [-0.1, -0.05) is 42.5 Å². The van der Waals surface area contributed by atoms with Crippen LogP contribution in [-0.2, 0) is 34.3 Å². The van der Waals surface area contributed by atoms with Crippen molar-refractivity contribution in [2.45, 2.75) is 30.6 Å². The molecular formula is C24H26N2O4S2. The van der Waals surface area contributed by atoms with Crippen LogP contribution >= 0.6 is 11.3 Å². The molecule has 0 fully saturated rings. The number of nitrogens with zero attached hydrogens (tertiary/aromatic N) is 2. The van der Waals surface area contributed by atoms with Crippen molar-refractivity contribution in [2.24, 2.45) is 0 Å². The minimum atomic E-state index is -3.57. The highest BCUT2D eigenvalue weighted by atomic mass is 32.2. The minimum absolute atomic E-state index is 0.00836. The van der Waals surface area contributed by atoms with Crippen molar-refractivity contribution < 1.29 is 17.9 Å². The van der Waals surface area contributed by atoms with Crippen molar-refractivity contribution in [2.75, 3.05) is 19.7 Å². The van der Waals surface area contributed by atoms with Gasteiger partial charge in [-0.25, -0.2) is 8.42 Å². The standard InChI is InChI=1S/C24H26N2O4S2/c1-19(27)25(12-11-20-6-3-2-4-7-20)17-21-9-10-23-22(16-21)18-26(13-14-30-23)32(28,29)24-8-5-15-31-24/h2-10,15-16H,11-14,17-18H2,1H3. The fourth-order valence-electron chi connectivity index (χ4n) is 3.74. The van der Waals surface area contributed by atoms with E-state index in [0.717, 1.165) is 17.5 Å². The van der Waals surface area contributed by atoms with Gasteiger partial charge >= 0.3 is 0 Å². The van der Waals surface area contributed by atoms with E-state index in [2.05, 4.69) is 12.1 Å². The van der Waals surface area contributed by atoms with Gasteiger partial charge in [-0.2, -0.15) is 4.31 Å². The van der Waals surface area contributed by atoms with Crippen molar-refractivity contribution in [1.29, 1.82) is 0 Å². The molecule has 0 N–H and O–H groups in total. The first kappa shape index (κ1) is 22.5. The molecule has 3 aromatic rings. The molecule has 1 aliphatic rings. The van der Waals surface area contributed by atoms with Gasteiger partial charge in [0.1, 0.15) is 16.6 Å². The number of fused-ring (bicyclic) bond motifs is 1. The van der Waals surface area contributed by atoms with Crippen molar-refractivity contribution in [3.63, 3.8) is 0 Å². The predicted molar refractivity (Wildman–Crippen MR) is 125 cm³/mol. The van der Waals surface area contributed by atoms with Gasteiger partial charge in [-0.15, -0.1) is 11.3 Å². The van der Waals surface area contributed by atoms with Crippen molar-refractivity contribution in [3.8, 4) is 5.75 Å². The fraction of sp³-hybridized carbons (Fsp3) is 0.292. The van der Waals surface area contributed by atoms with Crippen LogP contribution in [0.3, 0.4) is 0 Å². The Bertz CT molecular complexity index is 1160. The Morgan fingerprint density at radius 1 is 1.09 bits per heavy atom. The number of thiophene rings is 1. The maximum Gasteiger partial charge on any atom is 0.252 e. The minimum Gasteiger partial charge on any atom is -0.492 e. The van der Waals surface area contributed by atoms with Crippen molar-refractivity contribution >= 4 is 27.3 Å². The van der Waals surface area contributed by atoms with Gasteiger partial charge in [-0.3, -0.25) is 4.79 Å². The lowest BCUT2D eigenvalue weighted by Gasteiger charge is -2.22. The van der Waals surface area contributed by atoms with E-state index in [0.29, 0.717) is 36.2 Å². The number of hydrogen-bond acceptors (Lipinski definition) is 5. The number of sulfonamides is 1. The van der Waals surface area contributed by atoms with E-state index >= 15 is 0 Å². The molecule has 2 heterocycles. The third-order valence-corrected chi connectivity index (χ3v) is 8.71. The Kier molecular flexibility index (Phi) is 6.93. The molecule has 0 radical (unpaired) electrons. The highest BCUT2D eigenvalue weighted by molar-refractivity contribution is 7.91. The van der Waals surface area contributed by atoms with Gasteiger partial charge in [0, 0.05) is 38.7 Å². The van der Waals surface area contributed by atoms with Crippen LogP contribution in [0.1, 0.15) is 23.6 Å². The number of rotatable bonds is 7. The highest BCUT2D eigenvalue weighted by Gasteiger charge is 2.28. The molecule has 1 aliphatic heterocycles. The first-order valence-electron chi connectivity index (χ1n) is 10.5. The fourth-order valence-corrected chi connectivity index (χ4v) is 6.29. The summed E-state index contributed by atoms with van der Waals surface area (Å²) in [7, 11) is -3.57. The summed E-state index contributed by atoms with van der Waals surface area (Å²) >= 11 is 1.22. The third-order valence-electron chi connectivity index (χ3n) is 5.49. The van der Waals surface area contributed by atoms with Crippen LogP contribution in [0.5, 0.6) is 5.75 Å².